The van der Waals surface area contributed by atoms with Crippen LogP contribution in [0.15, 0.2) is 0 Å². The summed E-state index contributed by atoms with van der Waals surface area (Å²) in [5.74, 6) is -0.433. The van der Waals surface area contributed by atoms with Gasteiger partial charge in [0.2, 0.25) is 0 Å². The monoisotopic (exact) mass is 207 g/mol. The Morgan fingerprint density at radius 1 is 1.62 bits per heavy atom. The fourth-order valence-electron chi connectivity index (χ4n) is 1.14. The van der Waals surface area contributed by atoms with Crippen molar-refractivity contribution in [2.45, 2.75) is 19.4 Å². The smallest absolute Gasteiger partial charge is 0.323 e. The molecule has 76 valence electrons. The quantitative estimate of drug-likeness (QED) is 0.605. The number of carbonyl (C=O) groups is 1. The molecule has 0 spiro atoms. The summed E-state index contributed by atoms with van der Waals surface area (Å²) >= 11 is 0. The van der Waals surface area contributed by atoms with Gasteiger partial charge in [-0.2, -0.15) is 0 Å². The summed E-state index contributed by atoms with van der Waals surface area (Å²) in [5.41, 5.74) is 0. The summed E-state index contributed by atoms with van der Waals surface area (Å²) in [5, 5.41) is 2.63. The van der Waals surface area contributed by atoms with Crippen molar-refractivity contribution in [2.24, 2.45) is 0 Å². The minimum absolute atomic E-state index is 0.0590. The van der Waals surface area contributed by atoms with E-state index in [1.54, 1.807) is 6.92 Å². The molecule has 1 fully saturated rings. The normalized spacial score (nSPS) is 26.7. The number of hydrogen-bond acceptors (Lipinski definition) is 5. The lowest BCUT2D eigenvalue weighted by Crippen LogP contribution is -2.46. The lowest BCUT2D eigenvalue weighted by Gasteiger charge is -2.21. The maximum absolute atomic E-state index is 11.1. The van der Waals surface area contributed by atoms with Crippen LogP contribution in [0.1, 0.15) is 13.3 Å². The molecular weight excluding hydrogens is 194 g/mol. The van der Waals surface area contributed by atoms with Crippen LogP contribution < -0.4 is 5.32 Å². The van der Waals surface area contributed by atoms with Crippen molar-refractivity contribution in [3.63, 3.8) is 0 Å². The number of rotatable bonds is 2. The van der Waals surface area contributed by atoms with Gasteiger partial charge in [0.05, 0.1) is 18.2 Å². The number of hydrogen-bond donors (Lipinski definition) is 1. The number of nitrogens with one attached hydrogen (secondary N) is 1. The van der Waals surface area contributed by atoms with Crippen LogP contribution in [-0.4, -0.2) is 38.7 Å². The average molecular weight is 207 g/mol. The minimum Gasteiger partial charge on any atom is -0.465 e. The summed E-state index contributed by atoms with van der Waals surface area (Å²) < 4.78 is 26.7. The summed E-state index contributed by atoms with van der Waals surface area (Å²) in [4.78, 5) is 11.1. The molecule has 1 aliphatic heterocycles. The van der Waals surface area contributed by atoms with Crippen LogP contribution >= 0.6 is 0 Å². The largest absolute Gasteiger partial charge is 0.465 e. The second-order valence-electron chi connectivity index (χ2n) is 2.89. The van der Waals surface area contributed by atoms with E-state index in [1.165, 1.54) is 0 Å². The molecule has 1 saturated heterocycles. The zero-order valence-electron chi connectivity index (χ0n) is 7.45. The van der Waals surface area contributed by atoms with Crippen LogP contribution in [0.2, 0.25) is 0 Å². The highest BCUT2D eigenvalue weighted by Gasteiger charge is 2.28. The third-order valence-electron chi connectivity index (χ3n) is 1.84. The van der Waals surface area contributed by atoms with Crippen LogP contribution in [0.4, 0.5) is 0 Å². The molecule has 0 bridgehead atoms. The SMILES string of the molecule is CCOC(=O)C1CCS(=O)(=O)CN1. The van der Waals surface area contributed by atoms with Crippen LogP contribution in [0.5, 0.6) is 0 Å². The molecule has 0 aromatic carbocycles. The molecule has 0 saturated carbocycles. The Morgan fingerprint density at radius 2 is 2.31 bits per heavy atom. The summed E-state index contributed by atoms with van der Waals surface area (Å²) in [6, 6.07) is -0.455. The molecule has 0 amide bonds. The molecule has 13 heavy (non-hydrogen) atoms. The summed E-state index contributed by atoms with van der Waals surface area (Å²) in [6.07, 6.45) is 0.307. The Kier molecular flexibility index (Phi) is 3.27. The summed E-state index contributed by atoms with van der Waals surface area (Å²) in [7, 11) is -2.98. The van der Waals surface area contributed by atoms with Crippen LogP contribution in [0, 0.1) is 0 Å². The van der Waals surface area contributed by atoms with E-state index in [1.807, 2.05) is 0 Å². The number of esters is 1. The molecular formula is C7H13NO4S. The van der Waals surface area contributed by atoms with Gasteiger partial charge in [0, 0.05) is 0 Å². The maximum atomic E-state index is 11.1. The predicted octanol–water partition coefficient (Wildman–Crippen LogP) is -0.716. The first-order valence-corrected chi connectivity index (χ1v) is 5.98. The number of carbonyl (C=O) groups excluding carboxylic acids is 1. The van der Waals surface area contributed by atoms with Gasteiger partial charge in [0.1, 0.15) is 6.04 Å². The Bertz CT molecular complexity index is 271. The molecule has 5 nitrogen and oxygen atoms in total. The van der Waals surface area contributed by atoms with Gasteiger partial charge < -0.3 is 4.74 Å². The predicted molar refractivity (Wildman–Crippen MR) is 46.8 cm³/mol. The molecule has 1 unspecified atom stereocenters. The zero-order chi connectivity index (χ0) is 9.90. The lowest BCUT2D eigenvalue weighted by atomic mass is 10.2. The zero-order valence-corrected chi connectivity index (χ0v) is 8.26. The van der Waals surface area contributed by atoms with E-state index in [0.29, 0.717) is 13.0 Å². The van der Waals surface area contributed by atoms with Crippen molar-refractivity contribution in [2.75, 3.05) is 18.2 Å². The van der Waals surface area contributed by atoms with Crippen LogP contribution in [0.3, 0.4) is 0 Å². The van der Waals surface area contributed by atoms with Gasteiger partial charge in [0.25, 0.3) is 0 Å². The second-order valence-corrected chi connectivity index (χ2v) is 5.07. The number of sulfone groups is 1. The third-order valence-corrected chi connectivity index (χ3v) is 3.30. The van der Waals surface area contributed by atoms with E-state index in [4.69, 9.17) is 4.74 Å². The van der Waals surface area contributed by atoms with Crippen molar-refractivity contribution >= 4 is 15.8 Å². The first kappa shape index (κ1) is 10.5. The maximum Gasteiger partial charge on any atom is 0.323 e. The molecule has 0 radical (unpaired) electrons. The Balaban J connectivity index is 2.45. The second kappa shape index (κ2) is 4.06. The Labute approximate surface area is 77.4 Å². The van der Waals surface area contributed by atoms with Gasteiger partial charge in [-0.3, -0.25) is 10.1 Å². The highest BCUT2D eigenvalue weighted by atomic mass is 32.2. The molecule has 1 rings (SSSR count). The highest BCUT2D eigenvalue weighted by Crippen LogP contribution is 2.06. The van der Waals surface area contributed by atoms with E-state index >= 15 is 0 Å². The molecule has 0 aromatic heterocycles. The molecule has 1 aliphatic rings. The van der Waals surface area contributed by atoms with Gasteiger partial charge in [-0.1, -0.05) is 0 Å². The van der Waals surface area contributed by atoms with E-state index in [2.05, 4.69) is 5.32 Å². The van der Waals surface area contributed by atoms with Gasteiger partial charge in [-0.05, 0) is 13.3 Å². The fraction of sp³-hybridized carbons (Fsp3) is 0.857. The van der Waals surface area contributed by atoms with Gasteiger partial charge in [-0.15, -0.1) is 0 Å². The molecule has 0 aromatic rings. The third kappa shape index (κ3) is 2.96. The topological polar surface area (TPSA) is 72.5 Å². The van der Waals surface area contributed by atoms with Crippen molar-refractivity contribution in [3.8, 4) is 0 Å². The van der Waals surface area contributed by atoms with Gasteiger partial charge >= 0.3 is 5.97 Å². The molecule has 1 heterocycles. The molecule has 6 heteroatoms. The molecule has 1 atom stereocenters. The van der Waals surface area contributed by atoms with Gasteiger partial charge in [-0.25, -0.2) is 8.42 Å². The van der Waals surface area contributed by atoms with Crippen LogP contribution in [0.25, 0.3) is 0 Å². The van der Waals surface area contributed by atoms with Crippen molar-refractivity contribution in [1.29, 1.82) is 0 Å². The summed E-state index contributed by atoms with van der Waals surface area (Å²) in [6.45, 7) is 2.04. The van der Waals surface area contributed by atoms with Crippen molar-refractivity contribution < 1.29 is 17.9 Å². The number of ether oxygens (including phenoxy) is 1. The van der Waals surface area contributed by atoms with E-state index < -0.39 is 15.9 Å². The Hall–Kier alpha value is -0.620. The van der Waals surface area contributed by atoms with Crippen molar-refractivity contribution in [1.82, 2.24) is 5.32 Å². The standard InChI is InChI=1S/C7H13NO4S/c1-2-12-7(9)6-3-4-13(10,11)5-8-6/h6,8H,2-5H2,1H3. The van der Waals surface area contributed by atoms with E-state index in [9.17, 15) is 13.2 Å². The van der Waals surface area contributed by atoms with Crippen molar-refractivity contribution in [3.05, 3.63) is 0 Å². The Morgan fingerprint density at radius 3 is 2.77 bits per heavy atom. The first-order valence-electron chi connectivity index (χ1n) is 4.15. The highest BCUT2D eigenvalue weighted by molar-refractivity contribution is 7.91. The lowest BCUT2D eigenvalue weighted by molar-refractivity contribution is -0.145. The first-order chi connectivity index (χ1) is 6.05. The minimum atomic E-state index is -2.98. The molecule has 0 aliphatic carbocycles. The van der Waals surface area contributed by atoms with E-state index in [-0.39, 0.29) is 17.6 Å². The van der Waals surface area contributed by atoms with Gasteiger partial charge in [0.15, 0.2) is 9.84 Å². The van der Waals surface area contributed by atoms with E-state index in [0.717, 1.165) is 0 Å². The van der Waals surface area contributed by atoms with Crippen LogP contribution in [-0.2, 0) is 19.4 Å². The molecule has 1 N–H and O–H groups in total. The fourth-order valence-corrected chi connectivity index (χ4v) is 2.34. The average Bonchev–Trinajstić information content (AvgIpc) is 2.04.